The van der Waals surface area contributed by atoms with Crippen LogP contribution in [-0.2, 0) is 17.6 Å². The Labute approximate surface area is 140 Å². The van der Waals surface area contributed by atoms with Gasteiger partial charge in [-0.25, -0.2) is 4.98 Å². The predicted molar refractivity (Wildman–Crippen MR) is 90.8 cm³/mol. The van der Waals surface area contributed by atoms with Crippen molar-refractivity contribution in [2.75, 3.05) is 0 Å². The second-order valence-electron chi connectivity index (χ2n) is 8.13. The Morgan fingerprint density at radius 3 is 2.61 bits per heavy atom. The molecule has 0 spiro atoms. The molecule has 1 aromatic heterocycles. The Kier molecular flexibility index (Phi) is 3.32. The van der Waals surface area contributed by atoms with Crippen LogP contribution in [0.25, 0.3) is 0 Å². The third-order valence-corrected chi connectivity index (χ3v) is 8.28. The van der Waals surface area contributed by atoms with E-state index >= 15 is 0 Å². The Morgan fingerprint density at radius 2 is 1.91 bits per heavy atom. The van der Waals surface area contributed by atoms with Crippen molar-refractivity contribution in [3.8, 4) is 0 Å². The lowest BCUT2D eigenvalue weighted by Crippen LogP contribution is -2.36. The number of hydrogen-bond acceptors (Lipinski definition) is 4. The second kappa shape index (κ2) is 4.95. The first-order chi connectivity index (χ1) is 10.8. The van der Waals surface area contributed by atoms with E-state index in [4.69, 9.17) is 0 Å². The average Bonchev–Trinajstić information content (AvgIpc) is 2.81. The molecule has 0 amide bonds. The quantitative estimate of drug-likeness (QED) is 0.845. The van der Waals surface area contributed by atoms with Gasteiger partial charge in [0.1, 0.15) is 5.78 Å². The molecular formula is C18H24N2O2S. The summed E-state index contributed by atoms with van der Waals surface area (Å²) in [5.41, 5.74) is 1.83. The largest absolute Gasteiger partial charge is 0.301 e. The molecule has 1 aromatic rings. The van der Waals surface area contributed by atoms with Gasteiger partial charge in [-0.1, -0.05) is 32.5 Å². The summed E-state index contributed by atoms with van der Waals surface area (Å²) in [6.07, 6.45) is 5.98. The van der Waals surface area contributed by atoms with Crippen molar-refractivity contribution in [1.29, 1.82) is 0 Å². The molecule has 2 fully saturated rings. The van der Waals surface area contributed by atoms with Crippen LogP contribution in [0.4, 0.5) is 0 Å². The van der Waals surface area contributed by atoms with Crippen LogP contribution < -0.4 is 5.56 Å². The number of fused-ring (bicyclic) bond motifs is 3. The van der Waals surface area contributed by atoms with Crippen molar-refractivity contribution in [2.45, 2.75) is 69.7 Å². The van der Waals surface area contributed by atoms with Crippen molar-refractivity contribution in [3.63, 3.8) is 0 Å². The van der Waals surface area contributed by atoms with Crippen molar-refractivity contribution in [3.05, 3.63) is 21.6 Å². The molecule has 3 atom stereocenters. The number of aryl methyl sites for hydroxylation is 1. The van der Waals surface area contributed by atoms with Gasteiger partial charge in [-0.15, -0.1) is 0 Å². The first kappa shape index (κ1) is 15.4. The van der Waals surface area contributed by atoms with Crippen LogP contribution in [-0.4, -0.2) is 21.0 Å². The summed E-state index contributed by atoms with van der Waals surface area (Å²) in [5.74, 6) is 0.517. The minimum atomic E-state index is -0.0824. The Bertz CT molecular complexity index is 739. The number of hydrogen-bond donors (Lipinski definition) is 1. The molecule has 0 saturated heterocycles. The van der Waals surface area contributed by atoms with Gasteiger partial charge in [0, 0.05) is 11.5 Å². The van der Waals surface area contributed by atoms with E-state index in [1.54, 1.807) is 0 Å². The second-order valence-corrected chi connectivity index (χ2v) is 9.23. The highest BCUT2D eigenvalue weighted by Gasteiger charge is 2.66. The molecule has 5 heteroatoms. The fourth-order valence-electron chi connectivity index (χ4n) is 4.92. The summed E-state index contributed by atoms with van der Waals surface area (Å²) in [6, 6.07) is 0. The molecule has 23 heavy (non-hydrogen) atoms. The zero-order valence-corrected chi connectivity index (χ0v) is 14.9. The van der Waals surface area contributed by atoms with Gasteiger partial charge in [-0.3, -0.25) is 9.59 Å². The van der Waals surface area contributed by atoms with Crippen molar-refractivity contribution in [2.24, 2.45) is 16.7 Å². The topological polar surface area (TPSA) is 62.8 Å². The van der Waals surface area contributed by atoms with Gasteiger partial charge < -0.3 is 4.98 Å². The molecule has 1 heterocycles. The fraction of sp³-hybridized carbons (Fsp3) is 0.722. The van der Waals surface area contributed by atoms with Gasteiger partial charge in [0.25, 0.3) is 5.56 Å². The summed E-state index contributed by atoms with van der Waals surface area (Å²) >= 11 is 1.49. The molecule has 2 saturated carbocycles. The predicted octanol–water partition coefficient (Wildman–Crippen LogP) is 3.13. The molecule has 3 aliphatic rings. The number of thioether (sulfide) groups is 1. The highest BCUT2D eigenvalue weighted by molar-refractivity contribution is 8.00. The zero-order valence-electron chi connectivity index (χ0n) is 14.1. The van der Waals surface area contributed by atoms with Gasteiger partial charge in [0.2, 0.25) is 0 Å². The van der Waals surface area contributed by atoms with E-state index < -0.39 is 0 Å². The average molecular weight is 332 g/mol. The SMILES string of the molecule is CC1(C)[C@H]2CC[C@@]1(C)[C@H](Sc1nc3c(c(=O)[nH]1)CCCC3)C2=O. The molecule has 124 valence electrons. The van der Waals surface area contributed by atoms with Crippen LogP contribution in [0.15, 0.2) is 9.95 Å². The third-order valence-electron chi connectivity index (χ3n) is 6.88. The number of H-pyrrole nitrogens is 1. The molecule has 4 nitrogen and oxygen atoms in total. The Hall–Kier alpha value is -1.10. The molecule has 0 radical (unpaired) electrons. The maximum atomic E-state index is 12.8. The summed E-state index contributed by atoms with van der Waals surface area (Å²) < 4.78 is 0. The molecule has 1 N–H and O–H groups in total. The van der Waals surface area contributed by atoms with Crippen molar-refractivity contribution < 1.29 is 4.79 Å². The lowest BCUT2D eigenvalue weighted by molar-refractivity contribution is -0.122. The third kappa shape index (κ3) is 2.01. The van der Waals surface area contributed by atoms with Crippen LogP contribution >= 0.6 is 11.8 Å². The van der Waals surface area contributed by atoms with Crippen LogP contribution in [0.1, 0.15) is 57.7 Å². The molecule has 2 bridgehead atoms. The van der Waals surface area contributed by atoms with Gasteiger partial charge in [0.15, 0.2) is 5.16 Å². The molecule has 0 unspecified atom stereocenters. The molecule has 4 rings (SSSR count). The first-order valence-corrected chi connectivity index (χ1v) is 9.55. The van der Waals surface area contributed by atoms with Gasteiger partial charge >= 0.3 is 0 Å². The lowest BCUT2D eigenvalue weighted by Gasteiger charge is -2.37. The zero-order chi connectivity index (χ0) is 16.4. The van der Waals surface area contributed by atoms with Crippen LogP contribution in [0.5, 0.6) is 0 Å². The standard InChI is InChI=1S/C18H24N2O2S/c1-17(2)11-8-9-18(17,3)14(13(11)21)23-16-19-12-7-5-4-6-10(12)15(22)20-16/h11,14H,4-9H2,1-3H3,(H,19,20,22)/t11-,14+,18-/m0/s1. The van der Waals surface area contributed by atoms with Gasteiger partial charge in [0.05, 0.1) is 10.9 Å². The summed E-state index contributed by atoms with van der Waals surface area (Å²) in [4.78, 5) is 32.8. The minimum absolute atomic E-state index is 0.00258. The minimum Gasteiger partial charge on any atom is -0.301 e. The van der Waals surface area contributed by atoms with Crippen molar-refractivity contribution >= 4 is 17.5 Å². The summed E-state index contributed by atoms with van der Waals surface area (Å²) in [7, 11) is 0. The highest BCUT2D eigenvalue weighted by Crippen LogP contribution is 2.67. The smallest absolute Gasteiger partial charge is 0.254 e. The van der Waals surface area contributed by atoms with E-state index in [2.05, 4.69) is 30.7 Å². The maximum absolute atomic E-state index is 12.8. The van der Waals surface area contributed by atoms with Crippen LogP contribution in [0.3, 0.4) is 0 Å². The number of nitrogens with one attached hydrogen (secondary N) is 1. The molecular weight excluding hydrogens is 308 g/mol. The van der Waals surface area contributed by atoms with Crippen molar-refractivity contribution in [1.82, 2.24) is 9.97 Å². The molecule has 0 aromatic carbocycles. The van der Waals surface area contributed by atoms with Crippen LogP contribution in [0.2, 0.25) is 0 Å². The molecule has 3 aliphatic carbocycles. The lowest BCUT2D eigenvalue weighted by atomic mass is 9.71. The van der Waals surface area contributed by atoms with E-state index in [0.717, 1.165) is 49.8 Å². The number of rotatable bonds is 2. The van der Waals surface area contributed by atoms with E-state index in [9.17, 15) is 9.59 Å². The van der Waals surface area contributed by atoms with Gasteiger partial charge in [-0.05, 0) is 49.4 Å². The van der Waals surface area contributed by atoms with Crippen LogP contribution in [0, 0.1) is 16.7 Å². The fourth-order valence-corrected chi connectivity index (χ4v) is 6.42. The summed E-state index contributed by atoms with van der Waals surface area (Å²) in [5, 5.41) is 0.555. The Morgan fingerprint density at radius 1 is 1.17 bits per heavy atom. The van der Waals surface area contributed by atoms with E-state index in [1.807, 2.05) is 0 Å². The molecule has 0 aliphatic heterocycles. The monoisotopic (exact) mass is 332 g/mol. The maximum Gasteiger partial charge on any atom is 0.254 e. The first-order valence-electron chi connectivity index (χ1n) is 8.67. The number of Topliss-reactive ketones (excluding diaryl/α,β-unsaturated/α-hetero) is 1. The van der Waals surface area contributed by atoms with E-state index in [-0.39, 0.29) is 27.6 Å². The number of aromatic nitrogens is 2. The highest BCUT2D eigenvalue weighted by atomic mass is 32.2. The van der Waals surface area contributed by atoms with E-state index in [0.29, 0.717) is 10.9 Å². The number of aromatic amines is 1. The Balaban J connectivity index is 1.68. The van der Waals surface area contributed by atoms with E-state index in [1.165, 1.54) is 11.8 Å². The van der Waals surface area contributed by atoms with Gasteiger partial charge in [-0.2, -0.15) is 0 Å². The summed E-state index contributed by atoms with van der Waals surface area (Å²) in [6.45, 7) is 6.70. The number of carbonyl (C=O) groups excluding carboxylic acids is 1. The number of nitrogens with zero attached hydrogens (tertiary/aromatic N) is 1. The normalized spacial score (nSPS) is 34.7. The number of ketones is 1. The number of carbonyl (C=O) groups is 1.